The summed E-state index contributed by atoms with van der Waals surface area (Å²) in [6.07, 6.45) is 9.80. The number of likely N-dealkylation sites (N-methyl/N-ethyl adjacent to an activating group) is 1. The fourth-order valence-electron chi connectivity index (χ4n) is 3.51. The lowest BCUT2D eigenvalue weighted by Gasteiger charge is -2.15. The van der Waals surface area contributed by atoms with Gasteiger partial charge in [0.05, 0.1) is 0 Å². The zero-order valence-electron chi connectivity index (χ0n) is 19.4. The minimum Gasteiger partial charge on any atom is -0.305 e. The van der Waals surface area contributed by atoms with Gasteiger partial charge in [-0.3, -0.25) is 4.72 Å². The lowest BCUT2D eigenvalue weighted by atomic mass is 10.0. The van der Waals surface area contributed by atoms with Crippen molar-refractivity contribution in [2.75, 3.05) is 26.7 Å². The third-order valence-electron chi connectivity index (χ3n) is 5.66. The number of thiol groups is 1. The smallest absolute Gasteiger partial charge is 0.0184 e. The largest absolute Gasteiger partial charge is 0.305 e. The van der Waals surface area contributed by atoms with E-state index in [9.17, 15) is 0 Å². The molecule has 0 aromatic heterocycles. The van der Waals surface area contributed by atoms with Crippen LogP contribution in [0.2, 0.25) is 0 Å². The van der Waals surface area contributed by atoms with Crippen LogP contribution in [0.4, 0.5) is 0 Å². The molecule has 0 saturated carbocycles. The molecule has 0 atom stereocenters. The molecular weight excluding hydrogens is 408 g/mol. The molecule has 32 heavy (non-hydrogen) atoms. The van der Waals surface area contributed by atoms with Gasteiger partial charge in [0.2, 0.25) is 0 Å². The van der Waals surface area contributed by atoms with E-state index >= 15 is 0 Å². The van der Waals surface area contributed by atoms with Crippen LogP contribution in [0.5, 0.6) is 0 Å². The van der Waals surface area contributed by atoms with E-state index in [0.717, 1.165) is 26.1 Å². The van der Waals surface area contributed by atoms with Crippen LogP contribution in [0.1, 0.15) is 38.9 Å². The molecule has 2 nitrogen and oxygen atoms in total. The SMILES string of the molecule is Cc1ccc(/C=C/c2ccc(/C=C/c3ccc(CCN(C)CCNS)cc3)cc2C)cc1. The van der Waals surface area contributed by atoms with Crippen LogP contribution in [0.25, 0.3) is 24.3 Å². The number of nitrogens with zero attached hydrogens (tertiary/aromatic N) is 1. The molecule has 0 aliphatic heterocycles. The van der Waals surface area contributed by atoms with Gasteiger partial charge in [0.1, 0.15) is 0 Å². The molecule has 0 unspecified atom stereocenters. The number of hydrogen-bond donors (Lipinski definition) is 2. The number of nitrogens with one attached hydrogen (secondary N) is 1. The van der Waals surface area contributed by atoms with Crippen LogP contribution < -0.4 is 4.72 Å². The molecule has 0 radical (unpaired) electrons. The summed E-state index contributed by atoms with van der Waals surface area (Å²) in [4.78, 5) is 2.32. The van der Waals surface area contributed by atoms with Crippen LogP contribution >= 0.6 is 12.8 Å². The third kappa shape index (κ3) is 7.83. The minimum atomic E-state index is 0.896. The first-order valence-electron chi connectivity index (χ1n) is 11.2. The van der Waals surface area contributed by atoms with Gasteiger partial charge in [0.25, 0.3) is 0 Å². The first-order valence-corrected chi connectivity index (χ1v) is 11.7. The maximum absolute atomic E-state index is 4.04. The van der Waals surface area contributed by atoms with Crippen LogP contribution in [0, 0.1) is 13.8 Å². The van der Waals surface area contributed by atoms with Crippen molar-refractivity contribution in [1.82, 2.24) is 9.62 Å². The van der Waals surface area contributed by atoms with Crippen LogP contribution in [0.15, 0.2) is 66.7 Å². The van der Waals surface area contributed by atoms with Crippen molar-refractivity contribution < 1.29 is 0 Å². The maximum atomic E-state index is 4.04. The highest BCUT2D eigenvalue weighted by atomic mass is 32.1. The number of benzene rings is 3. The third-order valence-corrected chi connectivity index (χ3v) is 5.89. The van der Waals surface area contributed by atoms with Crippen LogP contribution in [-0.4, -0.2) is 31.6 Å². The fourth-order valence-corrected chi connectivity index (χ4v) is 3.61. The summed E-state index contributed by atoms with van der Waals surface area (Å²) in [6.45, 7) is 7.23. The Bertz CT molecular complexity index is 1030. The van der Waals surface area contributed by atoms with Crippen molar-refractivity contribution in [2.45, 2.75) is 20.3 Å². The summed E-state index contributed by atoms with van der Waals surface area (Å²) in [5.41, 5.74) is 8.86. The summed E-state index contributed by atoms with van der Waals surface area (Å²) in [5.74, 6) is 0. The number of rotatable bonds is 10. The second kappa shape index (κ2) is 12.4. The van der Waals surface area contributed by atoms with E-state index in [1.807, 2.05) is 0 Å². The van der Waals surface area contributed by atoms with E-state index in [1.54, 1.807) is 0 Å². The second-order valence-corrected chi connectivity index (χ2v) is 8.71. The van der Waals surface area contributed by atoms with E-state index in [1.165, 1.54) is 38.9 Å². The first kappa shape index (κ1) is 24.1. The molecule has 0 bridgehead atoms. The predicted molar refractivity (Wildman–Crippen MR) is 145 cm³/mol. The van der Waals surface area contributed by atoms with Crippen molar-refractivity contribution >= 4 is 37.1 Å². The van der Waals surface area contributed by atoms with Crippen molar-refractivity contribution in [2.24, 2.45) is 0 Å². The molecule has 3 aromatic carbocycles. The van der Waals surface area contributed by atoms with Gasteiger partial charge in [-0.25, -0.2) is 0 Å². The molecule has 3 aromatic rings. The predicted octanol–water partition coefficient (Wildman–Crippen LogP) is 6.55. The molecule has 0 aliphatic carbocycles. The van der Waals surface area contributed by atoms with E-state index in [-0.39, 0.29) is 0 Å². The van der Waals surface area contributed by atoms with Crippen LogP contribution in [0.3, 0.4) is 0 Å². The normalized spacial score (nSPS) is 11.8. The Morgan fingerprint density at radius 1 is 0.750 bits per heavy atom. The fraction of sp³-hybridized carbons (Fsp3) is 0.241. The molecule has 166 valence electrons. The van der Waals surface area contributed by atoms with Gasteiger partial charge in [-0.05, 0) is 60.7 Å². The van der Waals surface area contributed by atoms with E-state index in [0.29, 0.717) is 0 Å². The monoisotopic (exact) mass is 442 g/mol. The molecule has 0 aliphatic rings. The lowest BCUT2D eigenvalue weighted by molar-refractivity contribution is 0.345. The molecule has 1 N–H and O–H groups in total. The Balaban J connectivity index is 1.56. The highest BCUT2D eigenvalue weighted by Gasteiger charge is 2.00. The molecule has 3 rings (SSSR count). The van der Waals surface area contributed by atoms with Crippen LogP contribution in [-0.2, 0) is 6.42 Å². The molecule has 0 heterocycles. The Kier molecular flexibility index (Phi) is 9.36. The van der Waals surface area contributed by atoms with Gasteiger partial charge in [-0.2, -0.15) is 0 Å². The minimum absolute atomic E-state index is 0.896. The van der Waals surface area contributed by atoms with E-state index < -0.39 is 0 Å². The standard InChI is InChI=1S/C29H34N2S/c1-23-4-6-25(7-5-23)14-16-29-17-15-28(22-24(29)2)13-12-26-8-10-27(11-9-26)18-20-31(3)21-19-30-32/h4-17,22,30,32H,18-21H2,1-3H3/b13-12+,16-14+. The van der Waals surface area contributed by atoms with Crippen molar-refractivity contribution in [3.05, 3.63) is 106 Å². The zero-order chi connectivity index (χ0) is 22.8. The summed E-state index contributed by atoms with van der Waals surface area (Å²) >= 11 is 4.04. The Hall–Kier alpha value is -2.59. The van der Waals surface area contributed by atoms with Crippen molar-refractivity contribution in [1.29, 1.82) is 0 Å². The van der Waals surface area contributed by atoms with Gasteiger partial charge in [0, 0.05) is 19.6 Å². The molecule has 0 amide bonds. The summed E-state index contributed by atoms with van der Waals surface area (Å²) < 4.78 is 2.89. The average Bonchev–Trinajstić information content (AvgIpc) is 2.81. The number of hydrogen-bond acceptors (Lipinski definition) is 3. The van der Waals surface area contributed by atoms with Crippen molar-refractivity contribution in [3.8, 4) is 0 Å². The highest BCUT2D eigenvalue weighted by molar-refractivity contribution is 7.78. The number of aryl methyl sites for hydroxylation is 2. The molecule has 3 heteroatoms. The van der Waals surface area contributed by atoms with E-state index in [4.69, 9.17) is 0 Å². The second-order valence-electron chi connectivity index (χ2n) is 8.40. The van der Waals surface area contributed by atoms with Gasteiger partial charge >= 0.3 is 0 Å². The topological polar surface area (TPSA) is 15.3 Å². The zero-order valence-corrected chi connectivity index (χ0v) is 20.3. The van der Waals surface area contributed by atoms with Gasteiger partial charge in [-0.1, -0.05) is 109 Å². The Morgan fingerprint density at radius 2 is 1.34 bits per heavy atom. The highest BCUT2D eigenvalue weighted by Crippen LogP contribution is 2.17. The van der Waals surface area contributed by atoms with Gasteiger partial charge in [-0.15, -0.1) is 0 Å². The lowest BCUT2D eigenvalue weighted by Crippen LogP contribution is -2.27. The van der Waals surface area contributed by atoms with Gasteiger partial charge in [0.15, 0.2) is 0 Å². The summed E-state index contributed by atoms with van der Waals surface area (Å²) in [7, 11) is 2.15. The summed E-state index contributed by atoms with van der Waals surface area (Å²) in [5, 5.41) is 0. The average molecular weight is 443 g/mol. The molecular formula is C29H34N2S. The van der Waals surface area contributed by atoms with Crippen molar-refractivity contribution in [3.63, 3.8) is 0 Å². The first-order chi connectivity index (χ1) is 15.5. The maximum Gasteiger partial charge on any atom is 0.0184 e. The molecule has 0 fully saturated rings. The quantitative estimate of drug-likeness (QED) is 0.273. The summed E-state index contributed by atoms with van der Waals surface area (Å²) in [6, 6.07) is 24.1. The Morgan fingerprint density at radius 3 is 2.00 bits per heavy atom. The molecule has 0 saturated heterocycles. The molecule has 0 spiro atoms. The van der Waals surface area contributed by atoms with Gasteiger partial charge < -0.3 is 4.90 Å². The Labute approximate surface area is 199 Å². The van der Waals surface area contributed by atoms with E-state index in [2.05, 4.69) is 134 Å².